The van der Waals surface area contributed by atoms with Crippen molar-refractivity contribution >= 4 is 22.5 Å². The van der Waals surface area contributed by atoms with Crippen LogP contribution in [0.5, 0.6) is 0 Å². The maximum absolute atomic E-state index is 5.93. The summed E-state index contributed by atoms with van der Waals surface area (Å²) >= 11 is 5.93. The van der Waals surface area contributed by atoms with Crippen molar-refractivity contribution in [1.29, 1.82) is 0 Å². The van der Waals surface area contributed by atoms with Crippen molar-refractivity contribution in [2.45, 2.75) is 6.92 Å². The van der Waals surface area contributed by atoms with E-state index in [0.717, 1.165) is 33.1 Å². The van der Waals surface area contributed by atoms with E-state index in [1.54, 1.807) is 0 Å². The average Bonchev–Trinajstić information content (AvgIpc) is 2.83. The van der Waals surface area contributed by atoms with Gasteiger partial charge in [0.1, 0.15) is 11.5 Å². The lowest BCUT2D eigenvalue weighted by molar-refractivity contribution is 0.547. The Morgan fingerprint density at radius 2 is 2.00 bits per heavy atom. The molecule has 0 saturated heterocycles. The van der Waals surface area contributed by atoms with Gasteiger partial charge in [0.05, 0.1) is 5.69 Å². The Bertz CT molecular complexity index is 651. The molecule has 0 aliphatic heterocycles. The number of hydrogen-bond donors (Lipinski definition) is 1. The van der Waals surface area contributed by atoms with E-state index >= 15 is 0 Å². The molecule has 0 bridgehead atoms. The summed E-state index contributed by atoms with van der Waals surface area (Å²) in [7, 11) is 0. The second-order valence-corrected chi connectivity index (χ2v) is 4.26. The van der Waals surface area contributed by atoms with E-state index in [1.807, 2.05) is 37.3 Å². The van der Waals surface area contributed by atoms with Crippen LogP contribution in [0.1, 0.15) is 5.76 Å². The number of aromatic amines is 1. The lowest BCUT2D eigenvalue weighted by atomic mass is 10.2. The molecule has 0 saturated carbocycles. The highest BCUT2D eigenvalue weighted by atomic mass is 35.5. The molecule has 0 amide bonds. The molecule has 2 nitrogen and oxygen atoms in total. The third-order valence-corrected chi connectivity index (χ3v) is 2.83. The molecule has 2 aromatic heterocycles. The largest absolute Gasteiger partial charge is 0.460 e. The molecule has 0 unspecified atom stereocenters. The van der Waals surface area contributed by atoms with Crippen LogP contribution in [0, 0.1) is 6.92 Å². The summed E-state index contributed by atoms with van der Waals surface area (Å²) < 4.78 is 5.57. The Labute approximate surface area is 97.8 Å². The van der Waals surface area contributed by atoms with Crippen LogP contribution in [0.15, 0.2) is 40.8 Å². The predicted molar refractivity (Wildman–Crippen MR) is 65.7 cm³/mol. The van der Waals surface area contributed by atoms with E-state index in [4.69, 9.17) is 16.0 Å². The van der Waals surface area contributed by atoms with Crippen molar-refractivity contribution in [2.75, 3.05) is 0 Å². The Kier molecular flexibility index (Phi) is 2.04. The molecule has 3 aromatic rings. The first kappa shape index (κ1) is 9.55. The molecule has 16 heavy (non-hydrogen) atoms. The smallest absolute Gasteiger partial charge is 0.150 e. The molecular formula is C13H10ClNO. The zero-order valence-electron chi connectivity index (χ0n) is 8.75. The van der Waals surface area contributed by atoms with Gasteiger partial charge in [-0.2, -0.15) is 0 Å². The Morgan fingerprint density at radius 3 is 2.75 bits per heavy atom. The van der Waals surface area contributed by atoms with Crippen molar-refractivity contribution in [1.82, 2.24) is 4.98 Å². The fourth-order valence-corrected chi connectivity index (χ4v) is 1.98. The molecule has 0 aliphatic rings. The number of aryl methyl sites for hydroxylation is 1. The normalized spacial score (nSPS) is 11.1. The third-order valence-electron chi connectivity index (χ3n) is 2.59. The van der Waals surface area contributed by atoms with Gasteiger partial charge in [-0.25, -0.2) is 0 Å². The van der Waals surface area contributed by atoms with Gasteiger partial charge in [-0.3, -0.25) is 0 Å². The standard InChI is InChI=1S/C13H10ClNO/c1-8-2-5-13(16-8)12-6-9-3-4-10(14)7-11(9)15-12/h2-7,15H,1H3. The quantitative estimate of drug-likeness (QED) is 0.661. The molecule has 2 heterocycles. The van der Waals surface area contributed by atoms with E-state index in [-0.39, 0.29) is 0 Å². The lowest BCUT2D eigenvalue weighted by Crippen LogP contribution is -1.71. The summed E-state index contributed by atoms with van der Waals surface area (Å²) in [6.07, 6.45) is 0. The van der Waals surface area contributed by atoms with E-state index in [0.29, 0.717) is 0 Å². The Morgan fingerprint density at radius 1 is 1.12 bits per heavy atom. The predicted octanol–water partition coefficient (Wildman–Crippen LogP) is 4.39. The van der Waals surface area contributed by atoms with Crippen LogP contribution in [0.4, 0.5) is 0 Å². The number of hydrogen-bond acceptors (Lipinski definition) is 1. The van der Waals surface area contributed by atoms with Gasteiger partial charge in [-0.15, -0.1) is 0 Å². The zero-order chi connectivity index (χ0) is 11.1. The number of fused-ring (bicyclic) bond motifs is 1. The summed E-state index contributed by atoms with van der Waals surface area (Å²) in [4.78, 5) is 3.29. The number of H-pyrrole nitrogens is 1. The first-order chi connectivity index (χ1) is 7.72. The second kappa shape index (κ2) is 3.42. The van der Waals surface area contributed by atoms with E-state index < -0.39 is 0 Å². The summed E-state index contributed by atoms with van der Waals surface area (Å²) in [5.74, 6) is 1.76. The molecule has 1 N–H and O–H groups in total. The number of halogens is 1. The van der Waals surface area contributed by atoms with Crippen LogP contribution >= 0.6 is 11.6 Å². The van der Waals surface area contributed by atoms with E-state index in [1.165, 1.54) is 0 Å². The summed E-state index contributed by atoms with van der Waals surface area (Å²) in [5, 5.41) is 1.87. The third kappa shape index (κ3) is 1.51. The topological polar surface area (TPSA) is 28.9 Å². The van der Waals surface area contributed by atoms with Gasteiger partial charge in [-0.05, 0) is 37.3 Å². The minimum Gasteiger partial charge on any atom is -0.460 e. The number of furan rings is 1. The van der Waals surface area contributed by atoms with Crippen molar-refractivity contribution < 1.29 is 4.42 Å². The highest BCUT2D eigenvalue weighted by Crippen LogP contribution is 2.27. The van der Waals surface area contributed by atoms with Gasteiger partial charge in [-0.1, -0.05) is 17.7 Å². The first-order valence-electron chi connectivity index (χ1n) is 5.07. The van der Waals surface area contributed by atoms with Crippen LogP contribution in [-0.4, -0.2) is 4.98 Å². The number of rotatable bonds is 1. The minimum atomic E-state index is 0.733. The average molecular weight is 232 g/mol. The molecular weight excluding hydrogens is 222 g/mol. The van der Waals surface area contributed by atoms with Crippen molar-refractivity contribution in [3.05, 3.63) is 47.2 Å². The van der Waals surface area contributed by atoms with Gasteiger partial charge >= 0.3 is 0 Å². The van der Waals surface area contributed by atoms with Crippen LogP contribution in [0.25, 0.3) is 22.4 Å². The maximum atomic E-state index is 5.93. The second-order valence-electron chi connectivity index (χ2n) is 3.82. The van der Waals surface area contributed by atoms with Gasteiger partial charge in [0.15, 0.2) is 0 Å². The van der Waals surface area contributed by atoms with Crippen molar-refractivity contribution in [2.24, 2.45) is 0 Å². The van der Waals surface area contributed by atoms with E-state index in [9.17, 15) is 0 Å². The molecule has 0 radical (unpaired) electrons. The van der Waals surface area contributed by atoms with Crippen molar-refractivity contribution in [3.8, 4) is 11.5 Å². The molecule has 0 spiro atoms. The van der Waals surface area contributed by atoms with Crippen LogP contribution in [0.3, 0.4) is 0 Å². The lowest BCUT2D eigenvalue weighted by Gasteiger charge is -1.90. The molecule has 80 valence electrons. The monoisotopic (exact) mass is 231 g/mol. The van der Waals surface area contributed by atoms with Crippen LogP contribution in [-0.2, 0) is 0 Å². The van der Waals surface area contributed by atoms with Gasteiger partial charge < -0.3 is 9.40 Å². The highest BCUT2D eigenvalue weighted by Gasteiger charge is 2.06. The van der Waals surface area contributed by atoms with Crippen molar-refractivity contribution in [3.63, 3.8) is 0 Å². The van der Waals surface area contributed by atoms with Crippen LogP contribution in [0.2, 0.25) is 5.02 Å². The Hall–Kier alpha value is -1.67. The van der Waals surface area contributed by atoms with Crippen LogP contribution < -0.4 is 0 Å². The molecule has 0 atom stereocenters. The molecule has 1 aromatic carbocycles. The number of nitrogens with one attached hydrogen (secondary N) is 1. The summed E-state index contributed by atoms with van der Waals surface area (Å²) in [6, 6.07) is 11.8. The molecule has 3 rings (SSSR count). The zero-order valence-corrected chi connectivity index (χ0v) is 9.51. The summed E-state index contributed by atoms with van der Waals surface area (Å²) in [5.41, 5.74) is 2.00. The number of aromatic nitrogens is 1. The molecule has 0 aliphatic carbocycles. The fraction of sp³-hybridized carbons (Fsp3) is 0.0769. The minimum absolute atomic E-state index is 0.733. The van der Waals surface area contributed by atoms with E-state index in [2.05, 4.69) is 11.1 Å². The summed E-state index contributed by atoms with van der Waals surface area (Å²) in [6.45, 7) is 1.93. The van der Waals surface area contributed by atoms with Gasteiger partial charge in [0.25, 0.3) is 0 Å². The maximum Gasteiger partial charge on any atom is 0.150 e. The fourth-order valence-electron chi connectivity index (χ4n) is 1.81. The SMILES string of the molecule is Cc1ccc(-c2cc3ccc(Cl)cc3[nH]2)o1. The Balaban J connectivity index is 2.18. The molecule has 0 fully saturated rings. The highest BCUT2D eigenvalue weighted by molar-refractivity contribution is 6.31. The first-order valence-corrected chi connectivity index (χ1v) is 5.45. The van der Waals surface area contributed by atoms with Gasteiger partial charge in [0, 0.05) is 15.9 Å². The molecule has 3 heteroatoms. The van der Waals surface area contributed by atoms with Gasteiger partial charge in [0.2, 0.25) is 0 Å². The number of benzene rings is 1.